The molecule has 1 aliphatic rings. The number of benzene rings is 1. The van der Waals surface area contributed by atoms with Crippen LogP contribution in [0.5, 0.6) is 11.5 Å². The van der Waals surface area contributed by atoms with Gasteiger partial charge in [-0.1, -0.05) is 13.0 Å². The van der Waals surface area contributed by atoms with Crippen molar-refractivity contribution in [3.05, 3.63) is 23.8 Å². The maximum Gasteiger partial charge on any atom is 0.222 e. The van der Waals surface area contributed by atoms with Gasteiger partial charge in [0, 0.05) is 39.1 Å². The van der Waals surface area contributed by atoms with Crippen molar-refractivity contribution in [2.45, 2.75) is 26.2 Å². The second kappa shape index (κ2) is 8.77. The summed E-state index contributed by atoms with van der Waals surface area (Å²) in [6.07, 6.45) is 2.58. The number of carbonyl (C=O) groups excluding carboxylic acids is 1. The molecule has 1 aliphatic heterocycles. The highest BCUT2D eigenvalue weighted by molar-refractivity contribution is 5.76. The molecule has 1 aromatic rings. The second-order valence-electron chi connectivity index (χ2n) is 5.91. The van der Waals surface area contributed by atoms with Crippen LogP contribution >= 0.6 is 0 Å². The molecule has 23 heavy (non-hydrogen) atoms. The molecule has 1 fully saturated rings. The summed E-state index contributed by atoms with van der Waals surface area (Å²) in [4.78, 5) is 16.3. The molecule has 1 saturated heterocycles. The first-order valence-corrected chi connectivity index (χ1v) is 8.39. The molecule has 5 nitrogen and oxygen atoms in total. The fourth-order valence-electron chi connectivity index (χ4n) is 2.92. The second-order valence-corrected chi connectivity index (χ2v) is 5.91. The van der Waals surface area contributed by atoms with Crippen molar-refractivity contribution >= 4 is 5.91 Å². The minimum Gasteiger partial charge on any atom is -0.493 e. The van der Waals surface area contributed by atoms with Crippen LogP contribution in [0.2, 0.25) is 0 Å². The number of hydrogen-bond donors (Lipinski definition) is 0. The lowest BCUT2D eigenvalue weighted by Gasteiger charge is -2.34. The Morgan fingerprint density at radius 2 is 1.78 bits per heavy atom. The molecule has 128 valence electrons. The first-order chi connectivity index (χ1) is 11.2. The van der Waals surface area contributed by atoms with E-state index in [0.29, 0.717) is 12.3 Å². The number of methoxy groups -OCH3 is 2. The van der Waals surface area contributed by atoms with Gasteiger partial charge in [0.1, 0.15) is 0 Å². The Labute approximate surface area is 139 Å². The molecular formula is C18H28N2O3. The highest BCUT2D eigenvalue weighted by Gasteiger charge is 2.20. The number of ether oxygens (including phenoxy) is 2. The van der Waals surface area contributed by atoms with E-state index in [1.54, 1.807) is 14.2 Å². The van der Waals surface area contributed by atoms with E-state index >= 15 is 0 Å². The van der Waals surface area contributed by atoms with Crippen molar-refractivity contribution in [3.8, 4) is 11.5 Å². The highest BCUT2D eigenvalue weighted by Crippen LogP contribution is 2.27. The first kappa shape index (κ1) is 17.6. The highest BCUT2D eigenvalue weighted by atomic mass is 16.5. The lowest BCUT2D eigenvalue weighted by molar-refractivity contribution is -0.132. The van der Waals surface area contributed by atoms with E-state index in [1.807, 2.05) is 17.0 Å². The average molecular weight is 320 g/mol. The third-order valence-corrected chi connectivity index (χ3v) is 4.35. The standard InChI is InChI=1S/C18H28N2O3/c1-4-5-18(21)20-12-10-19(11-13-20)9-8-15-6-7-16(22-2)17(14-15)23-3/h6-7,14H,4-5,8-13H2,1-3H3. The topological polar surface area (TPSA) is 42.0 Å². The lowest BCUT2D eigenvalue weighted by Crippen LogP contribution is -2.49. The normalized spacial score (nSPS) is 15.5. The number of rotatable bonds is 7. The molecule has 0 spiro atoms. The van der Waals surface area contributed by atoms with Crippen LogP contribution < -0.4 is 9.47 Å². The zero-order valence-electron chi connectivity index (χ0n) is 14.5. The van der Waals surface area contributed by atoms with Crippen LogP contribution in [-0.2, 0) is 11.2 Å². The zero-order chi connectivity index (χ0) is 16.7. The summed E-state index contributed by atoms with van der Waals surface area (Å²) in [5.41, 5.74) is 1.24. The molecule has 1 aromatic carbocycles. The molecule has 0 unspecified atom stereocenters. The number of hydrogen-bond acceptors (Lipinski definition) is 4. The predicted molar refractivity (Wildman–Crippen MR) is 91.2 cm³/mol. The van der Waals surface area contributed by atoms with E-state index in [4.69, 9.17) is 9.47 Å². The number of piperazine rings is 1. The van der Waals surface area contributed by atoms with E-state index in [2.05, 4.69) is 17.9 Å². The van der Waals surface area contributed by atoms with Crippen molar-refractivity contribution in [1.82, 2.24) is 9.80 Å². The molecule has 1 heterocycles. The van der Waals surface area contributed by atoms with Crippen molar-refractivity contribution in [2.24, 2.45) is 0 Å². The first-order valence-electron chi connectivity index (χ1n) is 8.39. The van der Waals surface area contributed by atoms with Gasteiger partial charge >= 0.3 is 0 Å². The molecule has 0 aromatic heterocycles. The summed E-state index contributed by atoms with van der Waals surface area (Å²) in [5, 5.41) is 0. The Morgan fingerprint density at radius 3 is 2.39 bits per heavy atom. The van der Waals surface area contributed by atoms with Gasteiger partial charge < -0.3 is 14.4 Å². The van der Waals surface area contributed by atoms with E-state index in [-0.39, 0.29) is 0 Å². The largest absolute Gasteiger partial charge is 0.493 e. The predicted octanol–water partition coefficient (Wildman–Crippen LogP) is 2.19. The van der Waals surface area contributed by atoms with E-state index in [1.165, 1.54) is 5.56 Å². The molecule has 1 amide bonds. The van der Waals surface area contributed by atoms with Gasteiger partial charge in [-0.2, -0.15) is 0 Å². The minimum absolute atomic E-state index is 0.298. The monoisotopic (exact) mass is 320 g/mol. The van der Waals surface area contributed by atoms with E-state index in [9.17, 15) is 4.79 Å². The molecular weight excluding hydrogens is 292 g/mol. The van der Waals surface area contributed by atoms with Crippen LogP contribution in [-0.4, -0.2) is 62.7 Å². The summed E-state index contributed by atoms with van der Waals surface area (Å²) < 4.78 is 10.6. The summed E-state index contributed by atoms with van der Waals surface area (Å²) >= 11 is 0. The van der Waals surface area contributed by atoms with E-state index < -0.39 is 0 Å². The van der Waals surface area contributed by atoms with Crippen molar-refractivity contribution < 1.29 is 14.3 Å². The molecule has 0 radical (unpaired) electrons. The quantitative estimate of drug-likeness (QED) is 0.772. The fraction of sp³-hybridized carbons (Fsp3) is 0.611. The maximum absolute atomic E-state index is 11.9. The third kappa shape index (κ3) is 4.86. The van der Waals surface area contributed by atoms with Crippen LogP contribution in [0.1, 0.15) is 25.3 Å². The van der Waals surface area contributed by atoms with Crippen LogP contribution in [0.25, 0.3) is 0 Å². The smallest absolute Gasteiger partial charge is 0.222 e. The number of nitrogens with zero attached hydrogens (tertiary/aromatic N) is 2. The van der Waals surface area contributed by atoms with Crippen molar-refractivity contribution in [2.75, 3.05) is 46.9 Å². The SMILES string of the molecule is CCCC(=O)N1CCN(CCc2ccc(OC)c(OC)c2)CC1. The summed E-state index contributed by atoms with van der Waals surface area (Å²) in [6.45, 7) is 6.68. The summed E-state index contributed by atoms with van der Waals surface area (Å²) in [7, 11) is 3.31. The Morgan fingerprint density at radius 1 is 1.09 bits per heavy atom. The average Bonchev–Trinajstić information content (AvgIpc) is 2.60. The lowest BCUT2D eigenvalue weighted by atomic mass is 10.1. The van der Waals surface area contributed by atoms with Crippen molar-refractivity contribution in [1.29, 1.82) is 0 Å². The third-order valence-electron chi connectivity index (χ3n) is 4.35. The van der Waals surface area contributed by atoms with Crippen LogP contribution in [0.15, 0.2) is 18.2 Å². The summed E-state index contributed by atoms with van der Waals surface area (Å²) in [5.74, 6) is 1.84. The summed E-state index contributed by atoms with van der Waals surface area (Å²) in [6, 6.07) is 6.08. The van der Waals surface area contributed by atoms with Gasteiger partial charge in [0.15, 0.2) is 11.5 Å². The molecule has 0 N–H and O–H groups in total. The van der Waals surface area contributed by atoms with Gasteiger partial charge in [-0.15, -0.1) is 0 Å². The van der Waals surface area contributed by atoms with Gasteiger partial charge in [-0.25, -0.2) is 0 Å². The Kier molecular flexibility index (Phi) is 6.71. The molecule has 0 aliphatic carbocycles. The number of carbonyl (C=O) groups is 1. The van der Waals surface area contributed by atoms with Gasteiger partial charge in [-0.05, 0) is 30.5 Å². The molecule has 2 rings (SSSR count). The van der Waals surface area contributed by atoms with E-state index in [0.717, 1.165) is 57.1 Å². The molecule has 5 heteroatoms. The van der Waals surface area contributed by atoms with Gasteiger partial charge in [0.25, 0.3) is 0 Å². The molecule has 0 bridgehead atoms. The van der Waals surface area contributed by atoms with Crippen LogP contribution in [0, 0.1) is 0 Å². The Balaban J connectivity index is 1.80. The van der Waals surface area contributed by atoms with Crippen LogP contribution in [0.4, 0.5) is 0 Å². The minimum atomic E-state index is 0.298. The maximum atomic E-state index is 11.9. The number of amides is 1. The van der Waals surface area contributed by atoms with Gasteiger partial charge in [0.05, 0.1) is 14.2 Å². The Hall–Kier alpha value is -1.75. The fourth-order valence-corrected chi connectivity index (χ4v) is 2.92. The molecule has 0 saturated carbocycles. The van der Waals surface area contributed by atoms with Crippen LogP contribution in [0.3, 0.4) is 0 Å². The molecule has 0 atom stereocenters. The van der Waals surface area contributed by atoms with Gasteiger partial charge in [0.2, 0.25) is 5.91 Å². The van der Waals surface area contributed by atoms with Gasteiger partial charge in [-0.3, -0.25) is 9.69 Å². The zero-order valence-corrected chi connectivity index (χ0v) is 14.5. The Bertz CT molecular complexity index is 511. The van der Waals surface area contributed by atoms with Crippen molar-refractivity contribution in [3.63, 3.8) is 0 Å².